The zero-order chi connectivity index (χ0) is 14.7. The molecule has 0 unspecified atom stereocenters. The minimum absolute atomic E-state index is 0.486. The van der Waals surface area contributed by atoms with Gasteiger partial charge in [0.05, 0.1) is 16.4 Å². The van der Waals surface area contributed by atoms with Crippen LogP contribution in [0.25, 0.3) is 16.5 Å². The Kier molecular flexibility index (Phi) is 2.55. The van der Waals surface area contributed by atoms with Crippen LogP contribution >= 0.6 is 0 Å². The van der Waals surface area contributed by atoms with E-state index in [1.54, 1.807) is 4.57 Å². The van der Waals surface area contributed by atoms with Crippen molar-refractivity contribution in [3.63, 3.8) is 0 Å². The molecule has 2 heterocycles. The van der Waals surface area contributed by atoms with Gasteiger partial charge in [-0.25, -0.2) is 9.59 Å². The van der Waals surface area contributed by atoms with Gasteiger partial charge in [0.15, 0.2) is 0 Å². The van der Waals surface area contributed by atoms with E-state index in [9.17, 15) is 9.59 Å². The molecule has 0 spiro atoms. The summed E-state index contributed by atoms with van der Waals surface area (Å²) >= 11 is 0. The average Bonchev–Trinajstić information content (AvgIpc) is 2.35. The molecule has 0 fully saturated rings. The van der Waals surface area contributed by atoms with E-state index in [0.29, 0.717) is 10.9 Å². The molecule has 0 saturated carbocycles. The van der Waals surface area contributed by atoms with Gasteiger partial charge in [0.25, 0.3) is 0 Å². The number of rotatable bonds is 1. The second-order valence-corrected chi connectivity index (χ2v) is 5.86. The van der Waals surface area contributed by atoms with E-state index in [1.807, 2.05) is 39.8 Å². The Labute approximate surface area is 116 Å². The number of benzene rings is 1. The van der Waals surface area contributed by atoms with Gasteiger partial charge < -0.3 is 4.42 Å². The number of aromatic nitrogens is 1. The molecule has 0 N–H and O–H groups in total. The van der Waals surface area contributed by atoms with E-state index in [4.69, 9.17) is 4.42 Å². The van der Waals surface area contributed by atoms with Crippen LogP contribution in [0.2, 0.25) is 0 Å². The van der Waals surface area contributed by atoms with E-state index in [0.717, 1.165) is 23.1 Å². The lowest BCUT2D eigenvalue weighted by Gasteiger charge is -2.31. The highest BCUT2D eigenvalue weighted by Crippen LogP contribution is 2.34. The summed E-state index contributed by atoms with van der Waals surface area (Å²) in [6, 6.07) is 3.88. The Hall–Kier alpha value is -2.10. The Balaban J connectivity index is 2.64. The first kappa shape index (κ1) is 12.9. The summed E-state index contributed by atoms with van der Waals surface area (Å²) in [6.45, 7) is 7.93. The summed E-state index contributed by atoms with van der Waals surface area (Å²) in [5.41, 5.74) is 2.73. The van der Waals surface area contributed by atoms with Crippen molar-refractivity contribution in [2.24, 2.45) is 0 Å². The topological polar surface area (TPSA) is 52.2 Å². The lowest BCUT2D eigenvalue weighted by molar-refractivity contribution is 0.350. The molecule has 0 amide bonds. The Morgan fingerprint density at radius 1 is 1.25 bits per heavy atom. The molecule has 3 rings (SSSR count). The minimum Gasteiger partial charge on any atom is -0.372 e. The highest BCUT2D eigenvalue weighted by molar-refractivity contribution is 5.92. The molecule has 0 bridgehead atoms. The Morgan fingerprint density at radius 3 is 2.60 bits per heavy atom. The SMILES string of the molecule is CCc1cc2c3c(c1)c(=O)oc(=O)n3C(C)(C)C=C2C. The molecule has 1 aromatic carbocycles. The zero-order valence-electron chi connectivity index (χ0n) is 12.1. The van der Waals surface area contributed by atoms with Gasteiger partial charge in [0.1, 0.15) is 0 Å². The maximum Gasteiger partial charge on any atom is 0.423 e. The third-order valence-corrected chi connectivity index (χ3v) is 3.95. The molecule has 4 heteroatoms. The van der Waals surface area contributed by atoms with E-state index in [-0.39, 0.29) is 0 Å². The van der Waals surface area contributed by atoms with Crippen LogP contribution in [0.1, 0.15) is 38.8 Å². The highest BCUT2D eigenvalue weighted by atomic mass is 16.4. The molecule has 4 nitrogen and oxygen atoms in total. The molecular formula is C16H17NO3. The highest BCUT2D eigenvalue weighted by Gasteiger charge is 2.29. The van der Waals surface area contributed by atoms with Crippen LogP contribution in [0.5, 0.6) is 0 Å². The van der Waals surface area contributed by atoms with Crippen molar-refractivity contribution in [1.82, 2.24) is 4.57 Å². The van der Waals surface area contributed by atoms with Gasteiger partial charge in [0, 0.05) is 5.56 Å². The molecule has 104 valence electrons. The molecule has 0 aliphatic carbocycles. The van der Waals surface area contributed by atoms with E-state index in [2.05, 4.69) is 6.07 Å². The zero-order valence-corrected chi connectivity index (χ0v) is 12.1. The van der Waals surface area contributed by atoms with Crippen LogP contribution in [0.3, 0.4) is 0 Å². The van der Waals surface area contributed by atoms with Crippen molar-refractivity contribution in [3.05, 3.63) is 50.3 Å². The molecule has 20 heavy (non-hydrogen) atoms. The summed E-state index contributed by atoms with van der Waals surface area (Å²) in [5.74, 6) is -0.596. The van der Waals surface area contributed by atoms with Gasteiger partial charge in [-0.05, 0) is 50.5 Å². The van der Waals surface area contributed by atoms with Crippen LogP contribution in [-0.4, -0.2) is 4.57 Å². The maximum absolute atomic E-state index is 12.1. The normalized spacial score (nSPS) is 16.3. The number of hydrogen-bond acceptors (Lipinski definition) is 3. The predicted molar refractivity (Wildman–Crippen MR) is 79.1 cm³/mol. The number of hydrogen-bond donors (Lipinski definition) is 0. The van der Waals surface area contributed by atoms with Gasteiger partial charge >= 0.3 is 11.4 Å². The first-order valence-electron chi connectivity index (χ1n) is 6.78. The fourth-order valence-corrected chi connectivity index (χ4v) is 3.06. The number of nitrogens with zero attached hydrogens (tertiary/aromatic N) is 1. The van der Waals surface area contributed by atoms with Crippen molar-refractivity contribution in [1.29, 1.82) is 0 Å². The van der Waals surface area contributed by atoms with Crippen molar-refractivity contribution in [2.75, 3.05) is 0 Å². The van der Waals surface area contributed by atoms with Crippen LogP contribution in [-0.2, 0) is 12.0 Å². The first-order valence-corrected chi connectivity index (χ1v) is 6.78. The predicted octanol–water partition coefficient (Wildman–Crippen LogP) is 2.67. The third-order valence-electron chi connectivity index (χ3n) is 3.95. The smallest absolute Gasteiger partial charge is 0.372 e. The fraction of sp³-hybridized carbons (Fsp3) is 0.375. The summed E-state index contributed by atoms with van der Waals surface area (Å²) in [5, 5.41) is 0.486. The van der Waals surface area contributed by atoms with Gasteiger partial charge in [-0.2, -0.15) is 0 Å². The molecule has 1 aromatic heterocycles. The van der Waals surface area contributed by atoms with Crippen LogP contribution in [0, 0.1) is 0 Å². The van der Waals surface area contributed by atoms with Gasteiger partial charge in [-0.3, -0.25) is 4.57 Å². The van der Waals surface area contributed by atoms with E-state index >= 15 is 0 Å². The fourth-order valence-electron chi connectivity index (χ4n) is 3.06. The monoisotopic (exact) mass is 271 g/mol. The quantitative estimate of drug-likeness (QED) is 0.801. The van der Waals surface area contributed by atoms with Gasteiger partial charge in [-0.15, -0.1) is 0 Å². The van der Waals surface area contributed by atoms with Gasteiger partial charge in [0.2, 0.25) is 0 Å². The Bertz CT molecular complexity index is 866. The molecule has 0 saturated heterocycles. The summed E-state index contributed by atoms with van der Waals surface area (Å²) in [4.78, 5) is 24.1. The summed E-state index contributed by atoms with van der Waals surface area (Å²) < 4.78 is 6.47. The molecule has 1 aliphatic rings. The van der Waals surface area contributed by atoms with Gasteiger partial charge in [-0.1, -0.05) is 13.0 Å². The third kappa shape index (κ3) is 1.60. The lowest BCUT2D eigenvalue weighted by Crippen LogP contribution is -2.39. The molecule has 0 atom stereocenters. The minimum atomic E-state index is -0.596. The second kappa shape index (κ2) is 3.95. The van der Waals surface area contributed by atoms with Crippen molar-refractivity contribution in [2.45, 2.75) is 39.7 Å². The first-order chi connectivity index (χ1) is 9.35. The van der Waals surface area contributed by atoms with Crippen LogP contribution in [0.4, 0.5) is 0 Å². The van der Waals surface area contributed by atoms with Crippen molar-refractivity contribution in [3.8, 4) is 0 Å². The van der Waals surface area contributed by atoms with Crippen molar-refractivity contribution >= 4 is 16.5 Å². The van der Waals surface area contributed by atoms with E-state index in [1.165, 1.54) is 0 Å². The second-order valence-electron chi connectivity index (χ2n) is 5.86. The summed E-state index contributed by atoms with van der Waals surface area (Å²) in [7, 11) is 0. The molecule has 0 radical (unpaired) electrons. The standard InChI is InChI=1S/C16H17NO3/c1-5-10-6-11-9(2)8-16(3,4)17-13(11)12(7-10)14(18)20-15(17)19/h6-8H,5H2,1-4H3. The summed E-state index contributed by atoms with van der Waals surface area (Å²) in [6.07, 6.45) is 2.87. The molecule has 1 aliphatic heterocycles. The average molecular weight is 271 g/mol. The number of aryl methyl sites for hydroxylation is 1. The molecule has 2 aromatic rings. The lowest BCUT2D eigenvalue weighted by atomic mass is 9.89. The largest absolute Gasteiger partial charge is 0.423 e. The van der Waals surface area contributed by atoms with Crippen LogP contribution < -0.4 is 11.4 Å². The Morgan fingerprint density at radius 2 is 1.95 bits per heavy atom. The molecular weight excluding hydrogens is 254 g/mol. The van der Waals surface area contributed by atoms with Crippen LogP contribution in [0.15, 0.2) is 32.2 Å². The maximum atomic E-state index is 12.1. The van der Waals surface area contributed by atoms with E-state index < -0.39 is 16.9 Å². The number of allylic oxidation sites excluding steroid dienone is 2. The van der Waals surface area contributed by atoms with Crippen molar-refractivity contribution < 1.29 is 4.42 Å².